The van der Waals surface area contributed by atoms with Crippen molar-refractivity contribution in [2.45, 2.75) is 37.2 Å². The molecule has 0 aliphatic heterocycles. The van der Waals surface area contributed by atoms with Crippen LogP contribution < -0.4 is 4.74 Å². The van der Waals surface area contributed by atoms with Crippen LogP contribution >= 0.6 is 11.8 Å². The molecule has 0 spiro atoms. The van der Waals surface area contributed by atoms with E-state index >= 15 is 0 Å². The summed E-state index contributed by atoms with van der Waals surface area (Å²) < 4.78 is 17.6. The lowest BCUT2D eigenvalue weighted by Gasteiger charge is -2.09. The van der Waals surface area contributed by atoms with Crippen LogP contribution in [0.1, 0.15) is 36.1 Å². The first-order valence-corrected chi connectivity index (χ1v) is 10.0. The molecule has 0 aliphatic carbocycles. The number of hydrogen-bond acceptors (Lipinski definition) is 7. The maximum atomic E-state index is 11.5. The maximum absolute atomic E-state index is 11.5. The smallest absolute Gasteiger partial charge is 0.373 e. The average molecular weight is 401 g/mol. The number of benzene rings is 1. The van der Waals surface area contributed by atoms with Gasteiger partial charge in [0, 0.05) is 12.1 Å². The topological polar surface area (TPSA) is 79.4 Å². The van der Waals surface area contributed by atoms with Gasteiger partial charge in [-0.1, -0.05) is 25.1 Å². The Balaban J connectivity index is 1.79. The molecule has 0 amide bonds. The molecule has 0 N–H and O–H groups in total. The molecule has 0 fully saturated rings. The number of aromatic nitrogens is 3. The molecule has 7 nitrogen and oxygen atoms in total. The van der Waals surface area contributed by atoms with Gasteiger partial charge in [-0.2, -0.15) is 0 Å². The second-order valence-corrected chi connectivity index (χ2v) is 7.03. The fraction of sp³-hybridized carbons (Fsp3) is 0.350. The van der Waals surface area contributed by atoms with E-state index in [1.807, 2.05) is 24.3 Å². The van der Waals surface area contributed by atoms with Crippen molar-refractivity contribution in [3.8, 4) is 17.1 Å². The van der Waals surface area contributed by atoms with Crippen molar-refractivity contribution in [3.63, 3.8) is 0 Å². The third-order valence-corrected chi connectivity index (χ3v) is 5.18. The number of nitrogens with zero attached hydrogens (tertiary/aromatic N) is 3. The van der Waals surface area contributed by atoms with Crippen LogP contribution in [0.3, 0.4) is 0 Å². The van der Waals surface area contributed by atoms with E-state index < -0.39 is 5.97 Å². The highest BCUT2D eigenvalue weighted by atomic mass is 32.2. The number of unbranched alkanes of at least 4 members (excludes halogenated alkanes) is 1. The first kappa shape index (κ1) is 20.0. The van der Waals surface area contributed by atoms with E-state index in [9.17, 15) is 4.79 Å². The Morgan fingerprint density at radius 1 is 1.14 bits per heavy atom. The SMILES string of the molecule is CCCCn1c(SCc2ccc(C(=O)OC)o2)nnc1-c1ccc(OC)cc1. The van der Waals surface area contributed by atoms with Crippen LogP contribution in [-0.4, -0.2) is 35.0 Å². The second kappa shape index (κ2) is 9.45. The van der Waals surface area contributed by atoms with Crippen molar-refractivity contribution in [2.75, 3.05) is 14.2 Å². The van der Waals surface area contributed by atoms with E-state index in [1.54, 1.807) is 19.2 Å². The fourth-order valence-electron chi connectivity index (χ4n) is 2.67. The number of methoxy groups -OCH3 is 2. The van der Waals surface area contributed by atoms with Crippen LogP contribution in [0.4, 0.5) is 0 Å². The molecule has 0 bridgehead atoms. The van der Waals surface area contributed by atoms with Gasteiger partial charge in [0.05, 0.1) is 20.0 Å². The summed E-state index contributed by atoms with van der Waals surface area (Å²) >= 11 is 1.53. The minimum atomic E-state index is -0.482. The van der Waals surface area contributed by atoms with E-state index in [0.717, 1.165) is 41.7 Å². The highest BCUT2D eigenvalue weighted by Crippen LogP contribution is 2.28. The van der Waals surface area contributed by atoms with Gasteiger partial charge >= 0.3 is 5.97 Å². The van der Waals surface area contributed by atoms with Crippen LogP contribution in [0.5, 0.6) is 5.75 Å². The Morgan fingerprint density at radius 2 is 1.93 bits per heavy atom. The summed E-state index contributed by atoms with van der Waals surface area (Å²) in [6.07, 6.45) is 2.10. The number of ether oxygens (including phenoxy) is 2. The largest absolute Gasteiger partial charge is 0.497 e. The third-order valence-electron chi connectivity index (χ3n) is 4.19. The lowest BCUT2D eigenvalue weighted by Crippen LogP contribution is -2.02. The van der Waals surface area contributed by atoms with Gasteiger partial charge < -0.3 is 18.5 Å². The van der Waals surface area contributed by atoms with Crippen molar-refractivity contribution in [2.24, 2.45) is 0 Å². The molecule has 0 unspecified atom stereocenters. The number of thioether (sulfide) groups is 1. The van der Waals surface area contributed by atoms with Crippen molar-refractivity contribution in [1.82, 2.24) is 14.8 Å². The molecule has 0 saturated heterocycles. The monoisotopic (exact) mass is 401 g/mol. The minimum Gasteiger partial charge on any atom is -0.497 e. The zero-order valence-electron chi connectivity index (χ0n) is 16.2. The Morgan fingerprint density at radius 3 is 2.61 bits per heavy atom. The van der Waals surface area contributed by atoms with Gasteiger partial charge in [-0.3, -0.25) is 0 Å². The van der Waals surface area contributed by atoms with Gasteiger partial charge in [0.15, 0.2) is 11.0 Å². The molecule has 2 aromatic heterocycles. The molecule has 1 aromatic carbocycles. The maximum Gasteiger partial charge on any atom is 0.373 e. The van der Waals surface area contributed by atoms with Gasteiger partial charge in [-0.25, -0.2) is 4.79 Å². The minimum absolute atomic E-state index is 0.199. The molecular formula is C20H23N3O4S. The van der Waals surface area contributed by atoms with E-state index in [1.165, 1.54) is 18.9 Å². The second-order valence-electron chi connectivity index (χ2n) is 6.09. The number of rotatable bonds is 9. The van der Waals surface area contributed by atoms with Crippen molar-refractivity contribution >= 4 is 17.7 Å². The Labute approximate surface area is 168 Å². The summed E-state index contributed by atoms with van der Waals surface area (Å²) in [5.74, 6) is 2.57. The first-order chi connectivity index (χ1) is 13.7. The summed E-state index contributed by atoms with van der Waals surface area (Å²) in [5.41, 5.74) is 0.988. The standard InChI is InChI=1S/C20H23N3O4S/c1-4-5-12-23-18(14-6-8-15(25-2)9-7-14)21-22-20(23)28-13-16-10-11-17(27-16)19(24)26-3/h6-11H,4-5,12-13H2,1-3H3. The van der Waals surface area contributed by atoms with Crippen LogP contribution in [-0.2, 0) is 17.0 Å². The molecule has 0 aliphatic rings. The predicted molar refractivity (Wildman–Crippen MR) is 107 cm³/mol. The van der Waals surface area contributed by atoms with Crippen LogP contribution in [0.25, 0.3) is 11.4 Å². The van der Waals surface area contributed by atoms with Crippen LogP contribution in [0.2, 0.25) is 0 Å². The molecule has 148 valence electrons. The highest BCUT2D eigenvalue weighted by Gasteiger charge is 2.16. The van der Waals surface area contributed by atoms with E-state index in [2.05, 4.69) is 26.4 Å². The normalized spacial score (nSPS) is 10.8. The van der Waals surface area contributed by atoms with Gasteiger partial charge in [-0.15, -0.1) is 10.2 Å². The summed E-state index contributed by atoms with van der Waals surface area (Å²) in [5, 5.41) is 9.59. The number of carbonyl (C=O) groups is 1. The first-order valence-electron chi connectivity index (χ1n) is 9.03. The number of esters is 1. The molecule has 0 atom stereocenters. The molecule has 0 saturated carbocycles. The molecule has 8 heteroatoms. The third kappa shape index (κ3) is 4.56. The molecule has 3 aromatic rings. The van der Waals surface area contributed by atoms with Crippen molar-refractivity contribution in [3.05, 3.63) is 47.9 Å². The summed E-state index contributed by atoms with van der Waals surface area (Å²) in [4.78, 5) is 11.5. The summed E-state index contributed by atoms with van der Waals surface area (Å²) in [6, 6.07) is 11.2. The number of carbonyl (C=O) groups excluding carboxylic acids is 1. The molecule has 28 heavy (non-hydrogen) atoms. The Bertz CT molecular complexity index is 918. The quantitative estimate of drug-likeness (QED) is 0.388. The molecule has 2 heterocycles. The van der Waals surface area contributed by atoms with Crippen LogP contribution in [0.15, 0.2) is 46.0 Å². The van der Waals surface area contributed by atoms with Crippen LogP contribution in [0, 0.1) is 0 Å². The highest BCUT2D eigenvalue weighted by molar-refractivity contribution is 7.98. The lowest BCUT2D eigenvalue weighted by atomic mass is 10.2. The van der Waals surface area contributed by atoms with Crippen molar-refractivity contribution in [1.29, 1.82) is 0 Å². The summed E-state index contributed by atoms with van der Waals surface area (Å²) in [7, 11) is 2.98. The molecule has 3 rings (SSSR count). The van der Waals surface area contributed by atoms with Gasteiger partial charge in [-0.05, 0) is 42.8 Å². The fourth-order valence-corrected chi connectivity index (χ4v) is 3.53. The summed E-state index contributed by atoms with van der Waals surface area (Å²) in [6.45, 7) is 2.99. The predicted octanol–water partition coefficient (Wildman–Crippen LogP) is 4.43. The van der Waals surface area contributed by atoms with E-state index in [4.69, 9.17) is 9.15 Å². The Kier molecular flexibility index (Phi) is 6.76. The van der Waals surface area contributed by atoms with Gasteiger partial charge in [0.2, 0.25) is 5.76 Å². The lowest BCUT2D eigenvalue weighted by molar-refractivity contribution is 0.0563. The van der Waals surface area contributed by atoms with Gasteiger partial charge in [0.1, 0.15) is 11.5 Å². The molecular weight excluding hydrogens is 378 g/mol. The molecule has 0 radical (unpaired) electrons. The van der Waals surface area contributed by atoms with E-state index in [0.29, 0.717) is 11.5 Å². The number of furan rings is 1. The number of hydrogen-bond donors (Lipinski definition) is 0. The van der Waals surface area contributed by atoms with E-state index in [-0.39, 0.29) is 5.76 Å². The van der Waals surface area contributed by atoms with Crippen molar-refractivity contribution < 1.29 is 18.7 Å². The zero-order chi connectivity index (χ0) is 19.9. The average Bonchev–Trinajstić information content (AvgIpc) is 3.37. The zero-order valence-corrected chi connectivity index (χ0v) is 17.0. The van der Waals surface area contributed by atoms with Gasteiger partial charge in [0.25, 0.3) is 0 Å². The Hall–Kier alpha value is -2.74.